The summed E-state index contributed by atoms with van der Waals surface area (Å²) in [4.78, 5) is 45.8. The van der Waals surface area contributed by atoms with Gasteiger partial charge >= 0.3 is 5.97 Å². The zero-order valence-electron chi connectivity index (χ0n) is 13.5. The molecule has 0 saturated heterocycles. The molecule has 0 aliphatic rings. The standard InChI is InChI=1S/C17H15Br2NO5/c1-10(21)14(18)9-16(23)20-12-5-3-11(4-6-12)7-13(22)8-15(19)17(24)25-2/h3-6,8-9H,7H2,1-2H3,(H,20,23)/b14-9+,15-8+. The summed E-state index contributed by atoms with van der Waals surface area (Å²) in [6.07, 6.45) is 2.40. The molecule has 25 heavy (non-hydrogen) atoms. The number of ketones is 2. The quantitative estimate of drug-likeness (QED) is 0.486. The van der Waals surface area contributed by atoms with Crippen molar-refractivity contribution in [3.63, 3.8) is 0 Å². The summed E-state index contributed by atoms with van der Waals surface area (Å²) in [7, 11) is 1.22. The zero-order valence-corrected chi connectivity index (χ0v) is 16.6. The predicted octanol–water partition coefficient (Wildman–Crippen LogP) is 3.06. The molecule has 1 aromatic carbocycles. The summed E-state index contributed by atoms with van der Waals surface area (Å²) in [6, 6.07) is 6.62. The third-order valence-corrected chi connectivity index (χ3v) is 4.20. The van der Waals surface area contributed by atoms with Crippen molar-refractivity contribution in [3.8, 4) is 0 Å². The first kappa shape index (κ1) is 21.0. The summed E-state index contributed by atoms with van der Waals surface area (Å²) in [5.41, 5.74) is 1.23. The van der Waals surface area contributed by atoms with E-state index in [1.807, 2.05) is 0 Å². The van der Waals surface area contributed by atoms with Crippen LogP contribution < -0.4 is 5.32 Å². The van der Waals surface area contributed by atoms with Gasteiger partial charge in [0.1, 0.15) is 4.48 Å². The molecule has 0 aromatic heterocycles. The highest BCUT2D eigenvalue weighted by atomic mass is 79.9. The summed E-state index contributed by atoms with van der Waals surface area (Å²) < 4.78 is 4.71. The number of anilines is 1. The van der Waals surface area contributed by atoms with Crippen molar-refractivity contribution >= 4 is 61.0 Å². The van der Waals surface area contributed by atoms with E-state index in [1.54, 1.807) is 24.3 Å². The molecule has 1 amide bonds. The topological polar surface area (TPSA) is 89.5 Å². The number of ether oxygens (including phenoxy) is 1. The van der Waals surface area contributed by atoms with Crippen LogP contribution in [0.5, 0.6) is 0 Å². The van der Waals surface area contributed by atoms with E-state index in [0.29, 0.717) is 11.3 Å². The van der Waals surface area contributed by atoms with Gasteiger partial charge in [-0.05, 0) is 56.5 Å². The first-order chi connectivity index (χ1) is 11.7. The monoisotopic (exact) mass is 471 g/mol. The normalized spacial score (nSPS) is 11.7. The van der Waals surface area contributed by atoms with Gasteiger partial charge in [-0.25, -0.2) is 4.79 Å². The Bertz CT molecular complexity index is 751. The van der Waals surface area contributed by atoms with E-state index < -0.39 is 11.9 Å². The Morgan fingerprint density at radius 2 is 1.64 bits per heavy atom. The van der Waals surface area contributed by atoms with Crippen LogP contribution in [0.25, 0.3) is 0 Å². The number of hydrogen-bond donors (Lipinski definition) is 1. The highest BCUT2D eigenvalue weighted by molar-refractivity contribution is 9.12. The second-order valence-corrected chi connectivity index (χ2v) is 6.57. The first-order valence-electron chi connectivity index (χ1n) is 6.99. The minimum absolute atomic E-state index is 0.0479. The molecule has 6 nitrogen and oxygen atoms in total. The number of hydrogen-bond acceptors (Lipinski definition) is 5. The molecule has 0 aliphatic carbocycles. The van der Waals surface area contributed by atoms with Gasteiger partial charge in [0.15, 0.2) is 11.6 Å². The van der Waals surface area contributed by atoms with Crippen LogP contribution in [0.3, 0.4) is 0 Å². The van der Waals surface area contributed by atoms with Crippen LogP contribution >= 0.6 is 31.9 Å². The lowest BCUT2D eigenvalue weighted by molar-refractivity contribution is -0.135. The number of esters is 1. The zero-order chi connectivity index (χ0) is 19.0. The summed E-state index contributed by atoms with van der Waals surface area (Å²) in [6.45, 7) is 1.34. The van der Waals surface area contributed by atoms with Gasteiger partial charge in [0.2, 0.25) is 5.91 Å². The maximum absolute atomic E-state index is 11.9. The average Bonchev–Trinajstić information content (AvgIpc) is 2.55. The Labute approximate surface area is 161 Å². The average molecular weight is 473 g/mol. The molecule has 1 aromatic rings. The third kappa shape index (κ3) is 7.57. The van der Waals surface area contributed by atoms with Crippen molar-refractivity contribution in [1.82, 2.24) is 0 Å². The molecule has 132 valence electrons. The van der Waals surface area contributed by atoms with Crippen molar-refractivity contribution in [1.29, 1.82) is 0 Å². The highest BCUT2D eigenvalue weighted by Crippen LogP contribution is 2.13. The smallest absolute Gasteiger partial charge is 0.345 e. The second-order valence-electron chi connectivity index (χ2n) is 4.86. The van der Waals surface area contributed by atoms with E-state index in [9.17, 15) is 19.2 Å². The van der Waals surface area contributed by atoms with Gasteiger partial charge in [-0.3, -0.25) is 14.4 Å². The number of Topliss-reactive ketones (excluding diaryl/α,β-unsaturated/α-hetero) is 1. The molecule has 0 heterocycles. The molecule has 1 N–H and O–H groups in total. The van der Waals surface area contributed by atoms with Gasteiger partial charge in [0, 0.05) is 24.3 Å². The van der Waals surface area contributed by atoms with Crippen molar-refractivity contribution < 1.29 is 23.9 Å². The number of rotatable bonds is 7. The molecule has 1 rings (SSSR count). The van der Waals surface area contributed by atoms with Crippen LogP contribution in [0.15, 0.2) is 45.4 Å². The molecule has 0 spiro atoms. The van der Waals surface area contributed by atoms with Gasteiger partial charge in [-0.15, -0.1) is 0 Å². The SMILES string of the molecule is COC(=O)/C(Br)=C\C(=O)Cc1ccc(NC(=O)/C=C(/Br)C(C)=O)cc1. The molecule has 0 unspecified atom stereocenters. The summed E-state index contributed by atoms with van der Waals surface area (Å²) in [5, 5.41) is 2.60. The predicted molar refractivity (Wildman–Crippen MR) is 100 cm³/mol. The first-order valence-corrected chi connectivity index (χ1v) is 8.58. The van der Waals surface area contributed by atoms with E-state index in [-0.39, 0.29) is 27.0 Å². The van der Waals surface area contributed by atoms with Crippen molar-refractivity contribution in [2.24, 2.45) is 0 Å². The largest absolute Gasteiger partial charge is 0.465 e. The minimum Gasteiger partial charge on any atom is -0.465 e. The summed E-state index contributed by atoms with van der Waals surface area (Å²) >= 11 is 5.97. The van der Waals surface area contributed by atoms with Crippen LogP contribution in [0.4, 0.5) is 5.69 Å². The van der Waals surface area contributed by atoms with Gasteiger partial charge in [0.25, 0.3) is 0 Å². The number of allylic oxidation sites excluding steroid dienone is 2. The van der Waals surface area contributed by atoms with Crippen molar-refractivity contribution in [3.05, 3.63) is 50.9 Å². The van der Waals surface area contributed by atoms with E-state index in [2.05, 4.69) is 41.9 Å². The molecule has 0 saturated carbocycles. The molecule has 0 radical (unpaired) electrons. The Kier molecular flexibility index (Phi) is 8.44. The maximum atomic E-state index is 11.9. The fraction of sp³-hybridized carbons (Fsp3) is 0.176. The fourth-order valence-electron chi connectivity index (χ4n) is 1.65. The Balaban J connectivity index is 2.69. The number of halogens is 2. The maximum Gasteiger partial charge on any atom is 0.345 e. The van der Waals surface area contributed by atoms with Crippen LogP contribution in [-0.2, 0) is 30.3 Å². The van der Waals surface area contributed by atoms with Gasteiger partial charge in [0.05, 0.1) is 11.6 Å². The molecule has 0 atom stereocenters. The van der Waals surface area contributed by atoms with Crippen molar-refractivity contribution in [2.45, 2.75) is 13.3 Å². The number of carbonyl (C=O) groups is 4. The molecule has 0 aliphatic heterocycles. The Hall–Kier alpha value is -2.06. The van der Waals surface area contributed by atoms with Gasteiger partial charge < -0.3 is 10.1 Å². The molecular formula is C17H15Br2NO5. The minimum atomic E-state index is -0.629. The number of amides is 1. The number of nitrogens with one attached hydrogen (secondary N) is 1. The lowest BCUT2D eigenvalue weighted by atomic mass is 10.1. The second kappa shape index (κ2) is 10.0. The molecular weight excluding hydrogens is 458 g/mol. The molecule has 0 bridgehead atoms. The lowest BCUT2D eigenvalue weighted by Gasteiger charge is -2.04. The van der Waals surface area contributed by atoms with E-state index in [1.165, 1.54) is 14.0 Å². The fourth-order valence-corrected chi connectivity index (χ4v) is 2.28. The van der Waals surface area contributed by atoms with Crippen LogP contribution in [0.2, 0.25) is 0 Å². The number of benzene rings is 1. The van der Waals surface area contributed by atoms with Gasteiger partial charge in [-0.1, -0.05) is 12.1 Å². The third-order valence-electron chi connectivity index (χ3n) is 2.86. The Morgan fingerprint density at radius 1 is 1.04 bits per heavy atom. The van der Waals surface area contributed by atoms with Crippen LogP contribution in [0.1, 0.15) is 12.5 Å². The van der Waals surface area contributed by atoms with Crippen molar-refractivity contribution in [2.75, 3.05) is 12.4 Å². The van der Waals surface area contributed by atoms with Gasteiger partial charge in [-0.2, -0.15) is 0 Å². The van der Waals surface area contributed by atoms with Crippen LogP contribution in [-0.4, -0.2) is 30.6 Å². The number of methoxy groups -OCH3 is 1. The lowest BCUT2D eigenvalue weighted by Crippen LogP contribution is -2.09. The highest BCUT2D eigenvalue weighted by Gasteiger charge is 2.09. The van der Waals surface area contributed by atoms with Crippen LogP contribution in [0, 0.1) is 0 Å². The summed E-state index contributed by atoms with van der Waals surface area (Å²) in [5.74, 6) is -1.61. The molecule has 0 fully saturated rings. The van der Waals surface area contributed by atoms with E-state index in [0.717, 1.165) is 12.2 Å². The number of carbonyl (C=O) groups excluding carboxylic acids is 4. The van der Waals surface area contributed by atoms with E-state index in [4.69, 9.17) is 0 Å². The molecule has 8 heteroatoms. The Morgan fingerprint density at radius 3 is 2.16 bits per heavy atom. The van der Waals surface area contributed by atoms with E-state index >= 15 is 0 Å².